The minimum Gasteiger partial charge on any atom is -0.465 e. The van der Waals surface area contributed by atoms with Crippen LogP contribution >= 0.6 is 12.4 Å². The van der Waals surface area contributed by atoms with E-state index in [0.29, 0.717) is 12.0 Å². The largest absolute Gasteiger partial charge is 0.465 e. The average molecular weight is 220 g/mol. The molecular weight excluding hydrogens is 202 g/mol. The van der Waals surface area contributed by atoms with E-state index >= 15 is 0 Å². The van der Waals surface area contributed by atoms with Gasteiger partial charge in [-0.25, -0.2) is 0 Å². The van der Waals surface area contributed by atoms with Crippen molar-refractivity contribution in [1.29, 1.82) is 0 Å². The maximum absolute atomic E-state index is 11.4. The second-order valence-electron chi connectivity index (χ2n) is 4.58. The molecule has 0 aromatic carbocycles. The van der Waals surface area contributed by atoms with Gasteiger partial charge in [0.1, 0.15) is 5.54 Å². The van der Waals surface area contributed by atoms with Crippen molar-refractivity contribution in [3.8, 4) is 0 Å². The molecule has 2 aliphatic carbocycles. The molecule has 2 saturated carbocycles. The summed E-state index contributed by atoms with van der Waals surface area (Å²) in [5, 5.41) is 0. The number of halogens is 1. The van der Waals surface area contributed by atoms with Crippen LogP contribution in [-0.2, 0) is 9.53 Å². The van der Waals surface area contributed by atoms with Crippen molar-refractivity contribution in [2.75, 3.05) is 6.61 Å². The molecule has 0 atom stereocenters. The van der Waals surface area contributed by atoms with Gasteiger partial charge in [0.05, 0.1) is 6.61 Å². The predicted octanol–water partition coefficient (Wildman–Crippen LogP) is 1.63. The topological polar surface area (TPSA) is 52.3 Å². The second kappa shape index (κ2) is 3.70. The van der Waals surface area contributed by atoms with Crippen LogP contribution in [0.5, 0.6) is 0 Å². The highest BCUT2D eigenvalue weighted by Crippen LogP contribution is 2.59. The molecule has 2 N–H and O–H groups in total. The predicted molar refractivity (Wildman–Crippen MR) is 56.3 cm³/mol. The molecule has 0 unspecified atom stereocenters. The number of ether oxygens (including phenoxy) is 1. The van der Waals surface area contributed by atoms with Crippen LogP contribution in [0.3, 0.4) is 0 Å². The van der Waals surface area contributed by atoms with E-state index in [2.05, 4.69) is 0 Å². The zero-order valence-corrected chi connectivity index (χ0v) is 9.36. The van der Waals surface area contributed by atoms with E-state index in [1.807, 2.05) is 6.92 Å². The molecule has 0 bridgehead atoms. The molecule has 3 nitrogen and oxygen atoms in total. The monoisotopic (exact) mass is 219 g/mol. The molecule has 0 amide bonds. The summed E-state index contributed by atoms with van der Waals surface area (Å²) < 4.78 is 4.95. The molecular formula is C10H18ClNO2. The quantitative estimate of drug-likeness (QED) is 0.719. The highest BCUT2D eigenvalue weighted by Gasteiger charge is 2.59. The fraction of sp³-hybridized carbons (Fsp3) is 0.900. The average Bonchev–Trinajstić information content (AvgIpc) is 1.95. The van der Waals surface area contributed by atoms with Gasteiger partial charge in [-0.3, -0.25) is 4.79 Å². The minimum absolute atomic E-state index is 0. The number of nitrogens with two attached hydrogens (primary N) is 1. The van der Waals surface area contributed by atoms with Crippen LogP contribution in [0.2, 0.25) is 0 Å². The molecule has 2 rings (SSSR count). The van der Waals surface area contributed by atoms with Gasteiger partial charge in [0.15, 0.2) is 0 Å². The van der Waals surface area contributed by atoms with Crippen molar-refractivity contribution in [3.63, 3.8) is 0 Å². The van der Waals surface area contributed by atoms with E-state index in [1.54, 1.807) is 0 Å². The first kappa shape index (κ1) is 11.8. The Morgan fingerprint density at radius 3 is 2.36 bits per heavy atom. The van der Waals surface area contributed by atoms with Crippen LogP contribution in [0.25, 0.3) is 0 Å². The van der Waals surface area contributed by atoms with Crippen molar-refractivity contribution >= 4 is 18.4 Å². The number of carbonyl (C=O) groups is 1. The second-order valence-corrected chi connectivity index (χ2v) is 4.58. The maximum atomic E-state index is 11.4. The number of esters is 1. The zero-order chi connectivity index (χ0) is 9.53. The Morgan fingerprint density at radius 1 is 1.43 bits per heavy atom. The molecule has 0 aromatic rings. The van der Waals surface area contributed by atoms with Crippen LogP contribution in [0.4, 0.5) is 0 Å². The highest BCUT2D eigenvalue weighted by atomic mass is 35.5. The van der Waals surface area contributed by atoms with Gasteiger partial charge < -0.3 is 10.5 Å². The molecule has 14 heavy (non-hydrogen) atoms. The van der Waals surface area contributed by atoms with Gasteiger partial charge in [-0.2, -0.15) is 0 Å². The summed E-state index contributed by atoms with van der Waals surface area (Å²) in [5.41, 5.74) is 5.73. The van der Waals surface area contributed by atoms with Crippen molar-refractivity contribution in [3.05, 3.63) is 0 Å². The molecule has 1 spiro atoms. The van der Waals surface area contributed by atoms with E-state index in [0.717, 1.165) is 12.8 Å². The lowest BCUT2D eigenvalue weighted by atomic mass is 9.49. The smallest absolute Gasteiger partial charge is 0.326 e. The lowest BCUT2D eigenvalue weighted by Crippen LogP contribution is -2.65. The maximum Gasteiger partial charge on any atom is 0.326 e. The van der Waals surface area contributed by atoms with Crippen molar-refractivity contribution < 1.29 is 9.53 Å². The first-order valence-corrected chi connectivity index (χ1v) is 5.06. The Balaban J connectivity index is 0.000000980. The summed E-state index contributed by atoms with van der Waals surface area (Å²) in [6, 6.07) is 0. The van der Waals surface area contributed by atoms with Gasteiger partial charge in [0.25, 0.3) is 0 Å². The van der Waals surface area contributed by atoms with Crippen molar-refractivity contribution in [2.24, 2.45) is 11.1 Å². The summed E-state index contributed by atoms with van der Waals surface area (Å²) in [4.78, 5) is 11.4. The van der Waals surface area contributed by atoms with Crippen molar-refractivity contribution in [2.45, 2.75) is 44.6 Å². The first-order chi connectivity index (χ1) is 6.10. The van der Waals surface area contributed by atoms with E-state index in [4.69, 9.17) is 10.5 Å². The van der Waals surface area contributed by atoms with Crippen LogP contribution in [-0.4, -0.2) is 18.1 Å². The summed E-state index contributed by atoms with van der Waals surface area (Å²) in [5.74, 6) is -0.201. The number of carbonyl (C=O) groups excluding carboxylic acids is 1. The molecule has 2 fully saturated rings. The first-order valence-electron chi connectivity index (χ1n) is 5.06. The fourth-order valence-corrected chi connectivity index (χ4v) is 2.74. The number of rotatable bonds is 2. The summed E-state index contributed by atoms with van der Waals surface area (Å²) >= 11 is 0. The van der Waals surface area contributed by atoms with Gasteiger partial charge in [-0.05, 0) is 38.0 Å². The molecule has 0 aromatic heterocycles. The Morgan fingerprint density at radius 2 is 2.00 bits per heavy atom. The summed E-state index contributed by atoms with van der Waals surface area (Å²) in [6.45, 7) is 2.25. The third-order valence-corrected chi connectivity index (χ3v) is 3.48. The van der Waals surface area contributed by atoms with Gasteiger partial charge in [-0.15, -0.1) is 12.4 Å². The number of hydrogen-bond donors (Lipinski definition) is 1. The third kappa shape index (κ3) is 1.63. The zero-order valence-electron chi connectivity index (χ0n) is 8.54. The molecule has 0 heterocycles. The standard InChI is InChI=1S/C10H17NO2.ClH/c1-2-13-8(12)10(11)6-9(7-10)4-3-5-9;/h2-7,11H2,1H3;1H. The summed E-state index contributed by atoms with van der Waals surface area (Å²) in [6.07, 6.45) is 5.51. The SMILES string of the molecule is CCOC(=O)C1(N)CC2(CCC2)C1.Cl. The third-order valence-electron chi connectivity index (χ3n) is 3.48. The minimum atomic E-state index is -0.642. The van der Waals surface area contributed by atoms with Gasteiger partial charge in [0, 0.05) is 0 Å². The fourth-order valence-electron chi connectivity index (χ4n) is 2.74. The number of hydrogen-bond acceptors (Lipinski definition) is 3. The summed E-state index contributed by atoms with van der Waals surface area (Å²) in [7, 11) is 0. The van der Waals surface area contributed by atoms with E-state index in [-0.39, 0.29) is 18.4 Å². The van der Waals surface area contributed by atoms with Crippen LogP contribution in [0, 0.1) is 5.41 Å². The van der Waals surface area contributed by atoms with E-state index in [1.165, 1.54) is 19.3 Å². The Kier molecular flexibility index (Phi) is 3.12. The normalized spacial score (nSPS) is 25.6. The molecule has 82 valence electrons. The van der Waals surface area contributed by atoms with Crippen molar-refractivity contribution in [1.82, 2.24) is 0 Å². The molecule has 0 radical (unpaired) electrons. The lowest BCUT2D eigenvalue weighted by molar-refractivity contribution is -0.164. The van der Waals surface area contributed by atoms with Gasteiger partial charge >= 0.3 is 5.97 Å². The lowest BCUT2D eigenvalue weighted by Gasteiger charge is -2.57. The van der Waals surface area contributed by atoms with Crippen LogP contribution in [0.1, 0.15) is 39.0 Å². The Labute approximate surface area is 90.8 Å². The Bertz CT molecular complexity index is 230. The van der Waals surface area contributed by atoms with E-state index < -0.39 is 5.54 Å². The molecule has 0 saturated heterocycles. The van der Waals surface area contributed by atoms with Gasteiger partial charge in [0.2, 0.25) is 0 Å². The Hall–Kier alpha value is -0.280. The molecule has 0 aliphatic heterocycles. The van der Waals surface area contributed by atoms with E-state index in [9.17, 15) is 4.79 Å². The molecule has 4 heteroatoms. The highest BCUT2D eigenvalue weighted by molar-refractivity contribution is 5.85. The van der Waals surface area contributed by atoms with Gasteiger partial charge in [-0.1, -0.05) is 6.42 Å². The van der Waals surface area contributed by atoms with Crippen LogP contribution < -0.4 is 5.73 Å². The van der Waals surface area contributed by atoms with Crippen LogP contribution in [0.15, 0.2) is 0 Å². The molecule has 2 aliphatic rings.